The Morgan fingerprint density at radius 2 is 1.16 bits per heavy atom. The molecule has 0 aromatic heterocycles. The molecule has 1 fully saturated rings. The summed E-state index contributed by atoms with van der Waals surface area (Å²) in [4.78, 5) is 122. The minimum absolute atomic E-state index is 0.0131. The summed E-state index contributed by atoms with van der Waals surface area (Å²) in [5.74, 6) is -8.24. The summed E-state index contributed by atoms with van der Waals surface area (Å²) in [6, 6.07) is -4.10. The van der Waals surface area contributed by atoms with Gasteiger partial charge in [-0.3, -0.25) is 48.3 Å². The van der Waals surface area contributed by atoms with Gasteiger partial charge in [0, 0.05) is 64.2 Å². The van der Waals surface area contributed by atoms with Gasteiger partial charge < -0.3 is 67.4 Å². The number of hydrogen-bond acceptors (Lipinski definition) is 17. The number of anilines is 2. The molecule has 1 heterocycles. The van der Waals surface area contributed by atoms with Gasteiger partial charge >= 0.3 is 41.8 Å². The van der Waals surface area contributed by atoms with Crippen molar-refractivity contribution in [1.82, 2.24) is 30.7 Å². The van der Waals surface area contributed by atoms with Gasteiger partial charge in [-0.15, -0.1) is 0 Å². The van der Waals surface area contributed by atoms with Crippen LogP contribution in [0.2, 0.25) is 0 Å². The van der Waals surface area contributed by atoms with Gasteiger partial charge in [-0.2, -0.15) is 0 Å². The summed E-state index contributed by atoms with van der Waals surface area (Å²) < 4.78 is 0. The van der Waals surface area contributed by atoms with E-state index in [0.717, 1.165) is 0 Å². The number of nitrogens with one attached hydrogen (secondary N) is 5. The lowest BCUT2D eigenvalue weighted by atomic mass is 9.88. The average Bonchev–Trinajstić information content (AvgIpc) is 3.33. The topological polar surface area (TPSA) is 402 Å². The molecule has 0 bridgehead atoms. The van der Waals surface area contributed by atoms with Crippen LogP contribution in [0.25, 0.3) is 0 Å². The van der Waals surface area contributed by atoms with Gasteiger partial charge in [0.15, 0.2) is 6.29 Å². The molecule has 13 N–H and O–H groups in total. The molecule has 0 saturated carbocycles. The molecule has 0 radical (unpaired) electrons. The van der Waals surface area contributed by atoms with E-state index in [4.69, 9.17) is 5.11 Å². The van der Waals surface area contributed by atoms with Crippen molar-refractivity contribution < 1.29 is 79.2 Å². The molecular weight excluding hydrogens is 832 g/mol. The van der Waals surface area contributed by atoms with Crippen molar-refractivity contribution in [1.29, 1.82) is 0 Å². The van der Waals surface area contributed by atoms with Crippen LogP contribution in [-0.4, -0.2) is 199 Å². The Morgan fingerprint density at radius 3 is 1.65 bits per heavy atom. The van der Waals surface area contributed by atoms with Crippen molar-refractivity contribution in [2.75, 3.05) is 82.6 Å². The third kappa shape index (κ3) is 18.3. The van der Waals surface area contributed by atoms with Gasteiger partial charge in [-0.25, -0.2) is 14.4 Å². The average molecular weight is 889 g/mol. The van der Waals surface area contributed by atoms with Crippen molar-refractivity contribution >= 4 is 59.1 Å². The number of β-amino-alcohol motifs (C(OH)–C–C–N with tert-alkyl or cyclic N) is 2. The molecule has 0 spiro atoms. The molecule has 1 aliphatic heterocycles. The summed E-state index contributed by atoms with van der Waals surface area (Å²) in [7, 11) is 0. The Balaban J connectivity index is 1.89. The predicted molar refractivity (Wildman–Crippen MR) is 213 cm³/mol. The number of unbranched alkanes of at least 4 members (excludes halogenated alkanes) is 2. The number of carboxylic acids is 6. The molecular formula is C36H56N8O18. The Hall–Kier alpha value is -5.96. The van der Waals surface area contributed by atoms with E-state index in [-0.39, 0.29) is 102 Å². The molecule has 62 heavy (non-hydrogen) atoms. The fraction of sp³-hybridized carbons (Fsp3) is 0.667. The van der Waals surface area contributed by atoms with Crippen molar-refractivity contribution in [2.24, 2.45) is 0 Å². The summed E-state index contributed by atoms with van der Waals surface area (Å²) in [5, 5.41) is 88.1. The van der Waals surface area contributed by atoms with E-state index >= 15 is 0 Å². The summed E-state index contributed by atoms with van der Waals surface area (Å²) >= 11 is 0. The second-order valence-electron chi connectivity index (χ2n) is 14.8. The minimum atomic E-state index is -1.97. The fourth-order valence-electron chi connectivity index (χ4n) is 7.05. The standard InChI is InChI=1S/C36H56N8O18/c45-23(6-1-3-9-36(44(17-27(52)53)18-28(54)55)19-42(15-25(48)49)13-14-43(20-36)16-26(50)51)37-11-12-39-30-29(31(56)32(30)57)38-10-4-2-5-21(33(58)59)40-35(62)41-22(34(60)61)7-8-24(46)47/h21-22,27,38-39,52-53H,1-20H2,(H,37,45)(H,46,47)(H,48,49)(H,50,51)(H,54,55)(H,58,59)(H,60,61)(H2,40,41,62). The number of urea groups is 1. The van der Waals surface area contributed by atoms with Crippen LogP contribution in [0.1, 0.15) is 57.8 Å². The zero-order valence-electron chi connectivity index (χ0n) is 33.9. The van der Waals surface area contributed by atoms with E-state index in [1.54, 1.807) is 0 Å². The number of rotatable bonds is 31. The zero-order valence-corrected chi connectivity index (χ0v) is 33.9. The van der Waals surface area contributed by atoms with Crippen molar-refractivity contribution in [2.45, 2.75) is 81.7 Å². The van der Waals surface area contributed by atoms with Crippen molar-refractivity contribution in [3.63, 3.8) is 0 Å². The SMILES string of the molecule is O=C(O)CCC(NC(=O)NC(CCCCNc1c(NCCNC(=O)CCCCC2(N(CC(=O)O)CC(O)O)CN(CC(=O)O)CCN(CC(=O)O)C2)c(=O)c1=O)C(=O)O)C(=O)O. The van der Waals surface area contributed by atoms with E-state index in [0.29, 0.717) is 0 Å². The van der Waals surface area contributed by atoms with Gasteiger partial charge in [0.25, 0.3) is 10.9 Å². The quantitative estimate of drug-likeness (QED) is 0.0193. The molecule has 2 rings (SSSR count). The first-order valence-corrected chi connectivity index (χ1v) is 19.7. The van der Waals surface area contributed by atoms with E-state index < -0.39 is 122 Å². The molecule has 2 atom stereocenters. The van der Waals surface area contributed by atoms with Gasteiger partial charge in [-0.1, -0.05) is 6.42 Å². The maximum atomic E-state index is 12.7. The van der Waals surface area contributed by atoms with Crippen LogP contribution in [0.15, 0.2) is 9.59 Å². The third-order valence-corrected chi connectivity index (χ3v) is 9.90. The van der Waals surface area contributed by atoms with Crippen LogP contribution >= 0.6 is 0 Å². The Labute approximate surface area is 353 Å². The first kappa shape index (κ1) is 52.2. The number of carbonyl (C=O) groups excluding carboxylic acids is 2. The second-order valence-corrected chi connectivity index (χ2v) is 14.8. The second kappa shape index (κ2) is 25.7. The molecule has 1 aliphatic rings. The first-order chi connectivity index (χ1) is 29.1. The van der Waals surface area contributed by atoms with Crippen LogP contribution in [0, 0.1) is 0 Å². The Morgan fingerprint density at radius 1 is 0.629 bits per heavy atom. The fourth-order valence-corrected chi connectivity index (χ4v) is 7.05. The van der Waals surface area contributed by atoms with E-state index in [2.05, 4.69) is 21.3 Å². The van der Waals surface area contributed by atoms with Gasteiger partial charge in [0.2, 0.25) is 5.91 Å². The van der Waals surface area contributed by atoms with Crippen LogP contribution < -0.4 is 37.4 Å². The largest absolute Gasteiger partial charge is 0.481 e. The van der Waals surface area contributed by atoms with E-state index in [1.165, 1.54) is 14.7 Å². The summed E-state index contributed by atoms with van der Waals surface area (Å²) in [6.45, 7) is -1.68. The number of aliphatic hydroxyl groups excluding tert-OH is 1. The highest BCUT2D eigenvalue weighted by Gasteiger charge is 2.43. The molecule has 26 nitrogen and oxygen atoms in total. The molecule has 26 heteroatoms. The van der Waals surface area contributed by atoms with Gasteiger partial charge in [-0.05, 0) is 38.5 Å². The van der Waals surface area contributed by atoms with Gasteiger partial charge in [0.05, 0.1) is 26.2 Å². The lowest BCUT2D eigenvalue weighted by Gasteiger charge is -2.46. The molecule has 0 aliphatic carbocycles. The molecule has 1 aromatic carbocycles. The molecule has 348 valence electrons. The Bertz CT molecular complexity index is 1770. The lowest BCUT2D eigenvalue weighted by Crippen LogP contribution is -2.62. The van der Waals surface area contributed by atoms with Crippen molar-refractivity contribution in [3.05, 3.63) is 20.4 Å². The summed E-state index contributed by atoms with van der Waals surface area (Å²) in [5.41, 5.74) is -2.90. The number of nitrogens with zero attached hydrogens (tertiary/aromatic N) is 3. The maximum absolute atomic E-state index is 12.7. The predicted octanol–water partition coefficient (Wildman–Crippen LogP) is -3.75. The number of hydrogen-bond donors (Lipinski definition) is 13. The number of carbonyl (C=O) groups is 8. The number of carboxylic acid groups (broad SMARTS) is 6. The third-order valence-electron chi connectivity index (χ3n) is 9.90. The lowest BCUT2D eigenvalue weighted by molar-refractivity contribution is -0.147. The maximum Gasteiger partial charge on any atom is 0.326 e. The number of amides is 3. The molecule has 1 saturated heterocycles. The first-order valence-electron chi connectivity index (χ1n) is 19.7. The van der Waals surface area contributed by atoms with Crippen molar-refractivity contribution in [3.8, 4) is 0 Å². The van der Waals surface area contributed by atoms with E-state index in [9.17, 15) is 83.7 Å². The smallest absolute Gasteiger partial charge is 0.326 e. The minimum Gasteiger partial charge on any atom is -0.481 e. The van der Waals surface area contributed by atoms with Crippen LogP contribution in [-0.2, 0) is 33.6 Å². The summed E-state index contributed by atoms with van der Waals surface area (Å²) in [6.07, 6.45) is -1.90. The Kier molecular flexibility index (Phi) is 21.7. The van der Waals surface area contributed by atoms with E-state index in [1.807, 2.05) is 5.32 Å². The molecule has 1 aromatic rings. The normalized spacial score (nSPS) is 15.3. The zero-order chi connectivity index (χ0) is 46.6. The molecule has 3 amide bonds. The highest BCUT2D eigenvalue weighted by atomic mass is 16.5. The monoisotopic (exact) mass is 888 g/mol. The highest BCUT2D eigenvalue weighted by Crippen LogP contribution is 2.29. The van der Waals surface area contributed by atoms with Gasteiger partial charge in [0.1, 0.15) is 23.5 Å². The van der Waals surface area contributed by atoms with Crippen LogP contribution in [0.4, 0.5) is 16.2 Å². The van der Waals surface area contributed by atoms with Crippen LogP contribution in [0.3, 0.4) is 0 Å². The molecule has 2 unspecified atom stereocenters. The number of aliphatic hydroxyl groups is 2. The number of aliphatic carboxylic acids is 6. The highest BCUT2D eigenvalue weighted by molar-refractivity contribution is 5.86. The van der Waals surface area contributed by atoms with Crippen LogP contribution in [0.5, 0.6) is 0 Å².